The van der Waals surface area contributed by atoms with E-state index in [9.17, 15) is 4.39 Å². The molecule has 2 rings (SSSR count). The lowest BCUT2D eigenvalue weighted by molar-refractivity contribution is 0.627. The summed E-state index contributed by atoms with van der Waals surface area (Å²) in [4.78, 5) is 0. The maximum absolute atomic E-state index is 13.0. The molecule has 0 nitrogen and oxygen atoms in total. The number of hydrogen-bond acceptors (Lipinski definition) is 0. The molecule has 1 heteroatoms. The predicted octanol–water partition coefficient (Wildman–Crippen LogP) is 4.17. The summed E-state index contributed by atoms with van der Waals surface area (Å²) in [6.07, 6.45) is 8.33. The van der Waals surface area contributed by atoms with E-state index in [0.29, 0.717) is 0 Å². The molecule has 0 spiro atoms. The van der Waals surface area contributed by atoms with Crippen LogP contribution in [0.3, 0.4) is 0 Å². The number of allylic oxidation sites excluding steroid dienone is 2. The first-order valence-corrected chi connectivity index (χ1v) is 5.31. The SMILES string of the molecule is Fc1cccc(C2=CCCCCC2)c1. The molecule has 0 aliphatic heterocycles. The fourth-order valence-corrected chi connectivity index (χ4v) is 1.97. The largest absolute Gasteiger partial charge is 0.207 e. The molecule has 0 unspecified atom stereocenters. The minimum Gasteiger partial charge on any atom is -0.207 e. The predicted molar refractivity (Wildman–Crippen MR) is 57.5 cm³/mol. The van der Waals surface area contributed by atoms with Gasteiger partial charge in [0.1, 0.15) is 5.82 Å². The molecule has 0 radical (unpaired) electrons. The lowest BCUT2D eigenvalue weighted by atomic mass is 10.0. The first kappa shape index (κ1) is 9.45. The average molecular weight is 190 g/mol. The average Bonchev–Trinajstić information content (AvgIpc) is 2.45. The third kappa shape index (κ3) is 2.22. The van der Waals surface area contributed by atoms with Crippen LogP contribution in [0.2, 0.25) is 0 Å². The second kappa shape index (κ2) is 4.41. The highest BCUT2D eigenvalue weighted by atomic mass is 19.1. The van der Waals surface area contributed by atoms with Crippen LogP contribution in [0.15, 0.2) is 30.3 Å². The van der Waals surface area contributed by atoms with Crippen molar-refractivity contribution < 1.29 is 4.39 Å². The van der Waals surface area contributed by atoms with E-state index >= 15 is 0 Å². The van der Waals surface area contributed by atoms with Gasteiger partial charge in [-0.2, -0.15) is 0 Å². The molecule has 1 aromatic rings. The molecule has 0 heterocycles. The van der Waals surface area contributed by atoms with E-state index in [1.807, 2.05) is 6.07 Å². The van der Waals surface area contributed by atoms with E-state index in [2.05, 4.69) is 6.08 Å². The van der Waals surface area contributed by atoms with Crippen LogP contribution in [0.5, 0.6) is 0 Å². The smallest absolute Gasteiger partial charge is 0.123 e. The van der Waals surface area contributed by atoms with Crippen molar-refractivity contribution in [1.82, 2.24) is 0 Å². The third-order valence-electron chi connectivity index (χ3n) is 2.74. The fourth-order valence-electron chi connectivity index (χ4n) is 1.97. The Balaban J connectivity index is 2.24. The zero-order valence-corrected chi connectivity index (χ0v) is 8.30. The second-order valence-corrected chi connectivity index (χ2v) is 3.84. The molecule has 74 valence electrons. The van der Waals surface area contributed by atoms with Gasteiger partial charge in [0.25, 0.3) is 0 Å². The molecule has 1 aliphatic rings. The Bertz CT molecular complexity index is 339. The van der Waals surface area contributed by atoms with Gasteiger partial charge in [-0.25, -0.2) is 4.39 Å². The van der Waals surface area contributed by atoms with E-state index in [-0.39, 0.29) is 5.82 Å². The highest BCUT2D eigenvalue weighted by Crippen LogP contribution is 2.26. The first-order chi connectivity index (χ1) is 6.86. The number of halogens is 1. The van der Waals surface area contributed by atoms with E-state index in [1.165, 1.54) is 30.9 Å². The second-order valence-electron chi connectivity index (χ2n) is 3.84. The van der Waals surface area contributed by atoms with Gasteiger partial charge in [-0.05, 0) is 49.0 Å². The summed E-state index contributed by atoms with van der Waals surface area (Å²) in [5.74, 6) is -0.132. The topological polar surface area (TPSA) is 0 Å². The van der Waals surface area contributed by atoms with Gasteiger partial charge in [-0.15, -0.1) is 0 Å². The molecular formula is C13H15F. The van der Waals surface area contributed by atoms with E-state index < -0.39 is 0 Å². The van der Waals surface area contributed by atoms with Crippen LogP contribution < -0.4 is 0 Å². The molecule has 1 aromatic carbocycles. The Morgan fingerprint density at radius 3 is 2.86 bits per heavy atom. The lowest BCUT2D eigenvalue weighted by Gasteiger charge is -2.05. The minimum atomic E-state index is -0.132. The summed E-state index contributed by atoms with van der Waals surface area (Å²) < 4.78 is 13.0. The van der Waals surface area contributed by atoms with Gasteiger partial charge < -0.3 is 0 Å². The van der Waals surface area contributed by atoms with Crippen LogP contribution in [-0.4, -0.2) is 0 Å². The van der Waals surface area contributed by atoms with Crippen molar-refractivity contribution in [1.29, 1.82) is 0 Å². The summed E-state index contributed by atoms with van der Waals surface area (Å²) in [6.45, 7) is 0. The Morgan fingerprint density at radius 2 is 2.00 bits per heavy atom. The maximum Gasteiger partial charge on any atom is 0.123 e. The van der Waals surface area contributed by atoms with Crippen molar-refractivity contribution >= 4 is 5.57 Å². The van der Waals surface area contributed by atoms with E-state index in [4.69, 9.17) is 0 Å². The molecular weight excluding hydrogens is 175 g/mol. The Kier molecular flexibility index (Phi) is 2.97. The highest BCUT2D eigenvalue weighted by molar-refractivity contribution is 5.65. The van der Waals surface area contributed by atoms with Gasteiger partial charge in [0, 0.05) is 0 Å². The number of hydrogen-bond donors (Lipinski definition) is 0. The molecule has 1 aliphatic carbocycles. The molecule has 0 saturated carbocycles. The van der Waals surface area contributed by atoms with E-state index in [1.54, 1.807) is 12.1 Å². The van der Waals surface area contributed by atoms with Crippen LogP contribution in [0, 0.1) is 5.82 Å². The van der Waals surface area contributed by atoms with Crippen molar-refractivity contribution in [3.05, 3.63) is 41.7 Å². The molecule has 0 N–H and O–H groups in total. The molecule has 0 saturated heterocycles. The molecule has 14 heavy (non-hydrogen) atoms. The van der Waals surface area contributed by atoms with Crippen LogP contribution in [0.4, 0.5) is 4.39 Å². The maximum atomic E-state index is 13.0. The van der Waals surface area contributed by atoms with Crippen LogP contribution in [-0.2, 0) is 0 Å². The van der Waals surface area contributed by atoms with Crippen molar-refractivity contribution in [2.45, 2.75) is 32.1 Å². The number of rotatable bonds is 1. The summed E-state index contributed by atoms with van der Waals surface area (Å²) in [5, 5.41) is 0. The zero-order valence-electron chi connectivity index (χ0n) is 8.30. The minimum absolute atomic E-state index is 0.132. The van der Waals surface area contributed by atoms with E-state index in [0.717, 1.165) is 18.4 Å². The molecule has 0 aromatic heterocycles. The Labute approximate surface area is 84.5 Å². The van der Waals surface area contributed by atoms with Crippen LogP contribution in [0.1, 0.15) is 37.7 Å². The Hall–Kier alpha value is -1.11. The highest BCUT2D eigenvalue weighted by Gasteiger charge is 2.05. The zero-order chi connectivity index (χ0) is 9.80. The van der Waals surface area contributed by atoms with Gasteiger partial charge in [-0.3, -0.25) is 0 Å². The van der Waals surface area contributed by atoms with Gasteiger partial charge in [0.05, 0.1) is 0 Å². The Morgan fingerprint density at radius 1 is 1.07 bits per heavy atom. The van der Waals surface area contributed by atoms with Crippen molar-refractivity contribution in [2.75, 3.05) is 0 Å². The van der Waals surface area contributed by atoms with Gasteiger partial charge >= 0.3 is 0 Å². The third-order valence-corrected chi connectivity index (χ3v) is 2.74. The van der Waals surface area contributed by atoms with Crippen LogP contribution >= 0.6 is 0 Å². The molecule has 0 fully saturated rings. The van der Waals surface area contributed by atoms with Gasteiger partial charge in [0.15, 0.2) is 0 Å². The summed E-state index contributed by atoms with van der Waals surface area (Å²) in [6, 6.07) is 6.93. The lowest BCUT2D eigenvalue weighted by Crippen LogP contribution is -1.85. The van der Waals surface area contributed by atoms with Gasteiger partial charge in [0.2, 0.25) is 0 Å². The van der Waals surface area contributed by atoms with Crippen molar-refractivity contribution in [3.8, 4) is 0 Å². The van der Waals surface area contributed by atoms with Crippen LogP contribution in [0.25, 0.3) is 5.57 Å². The molecule has 0 bridgehead atoms. The molecule has 0 amide bonds. The standard InChI is InChI=1S/C13H15F/c14-13-9-5-8-12(10-13)11-6-3-1-2-4-7-11/h5-6,8-10H,1-4,7H2. The number of benzene rings is 1. The molecule has 0 atom stereocenters. The fraction of sp³-hybridized carbons (Fsp3) is 0.385. The first-order valence-electron chi connectivity index (χ1n) is 5.31. The normalized spacial score (nSPS) is 17.4. The van der Waals surface area contributed by atoms with Gasteiger partial charge in [-0.1, -0.05) is 24.6 Å². The summed E-state index contributed by atoms with van der Waals surface area (Å²) in [7, 11) is 0. The summed E-state index contributed by atoms with van der Waals surface area (Å²) in [5.41, 5.74) is 2.38. The quantitative estimate of drug-likeness (QED) is 0.623. The van der Waals surface area contributed by atoms with Crippen molar-refractivity contribution in [3.63, 3.8) is 0 Å². The van der Waals surface area contributed by atoms with Crippen molar-refractivity contribution in [2.24, 2.45) is 0 Å². The monoisotopic (exact) mass is 190 g/mol. The summed E-state index contributed by atoms with van der Waals surface area (Å²) >= 11 is 0.